The number of amides is 1. The Hall–Kier alpha value is -2.18. The topological polar surface area (TPSA) is 86.6 Å². The van der Waals surface area contributed by atoms with Crippen LogP contribution in [0.4, 0.5) is 5.69 Å². The summed E-state index contributed by atoms with van der Waals surface area (Å²) in [6.07, 6.45) is 0. The van der Waals surface area contributed by atoms with Gasteiger partial charge in [0.25, 0.3) is 5.91 Å². The van der Waals surface area contributed by atoms with Crippen LogP contribution in [0.5, 0.6) is 5.75 Å². The van der Waals surface area contributed by atoms with Crippen LogP contribution in [0.25, 0.3) is 0 Å². The lowest BCUT2D eigenvalue weighted by molar-refractivity contribution is 0.102. The molecule has 6 heteroatoms. The Balaban J connectivity index is 2.25. The van der Waals surface area contributed by atoms with Crippen LogP contribution >= 0.6 is 0 Å². The highest BCUT2D eigenvalue weighted by atomic mass is 32.2. The van der Waals surface area contributed by atoms with Crippen LogP contribution in [0.3, 0.4) is 0 Å². The van der Waals surface area contributed by atoms with Gasteiger partial charge in [-0.25, -0.2) is 4.21 Å². The van der Waals surface area contributed by atoms with Crippen molar-refractivity contribution in [2.24, 2.45) is 0 Å². The summed E-state index contributed by atoms with van der Waals surface area (Å²) in [5.74, 6) is -0.390. The molecule has 2 rings (SSSR count). The van der Waals surface area contributed by atoms with E-state index in [1.165, 1.54) is 36.4 Å². The normalized spacial score (nSPS) is 11.8. The zero-order valence-electron chi connectivity index (χ0n) is 9.74. The van der Waals surface area contributed by atoms with Crippen molar-refractivity contribution < 1.29 is 18.7 Å². The molecule has 0 aliphatic rings. The van der Waals surface area contributed by atoms with E-state index in [0.717, 1.165) is 0 Å². The molecule has 19 heavy (non-hydrogen) atoms. The highest BCUT2D eigenvalue weighted by Gasteiger charge is 2.14. The minimum Gasteiger partial charge on any atom is -0.508 e. The zero-order chi connectivity index (χ0) is 13.8. The molecule has 2 aromatic carbocycles. The Morgan fingerprint density at radius 1 is 1.05 bits per heavy atom. The quantitative estimate of drug-likeness (QED) is 0.593. The molecule has 1 atom stereocenters. The van der Waals surface area contributed by atoms with Gasteiger partial charge in [0.15, 0.2) is 11.1 Å². The van der Waals surface area contributed by atoms with Gasteiger partial charge >= 0.3 is 0 Å². The van der Waals surface area contributed by atoms with E-state index < -0.39 is 17.0 Å². The first-order chi connectivity index (χ1) is 9.08. The van der Waals surface area contributed by atoms with E-state index in [9.17, 15) is 9.00 Å². The van der Waals surface area contributed by atoms with Gasteiger partial charge in [0.05, 0.1) is 10.5 Å². The third kappa shape index (κ3) is 3.18. The van der Waals surface area contributed by atoms with Crippen molar-refractivity contribution in [2.75, 3.05) is 5.32 Å². The van der Waals surface area contributed by atoms with Crippen LogP contribution in [0.1, 0.15) is 10.4 Å². The van der Waals surface area contributed by atoms with E-state index in [4.69, 9.17) is 9.66 Å². The fraction of sp³-hybridized carbons (Fsp3) is 0. The lowest BCUT2D eigenvalue weighted by Gasteiger charge is -2.07. The molecule has 3 N–H and O–H groups in total. The van der Waals surface area contributed by atoms with Crippen molar-refractivity contribution in [2.45, 2.75) is 4.90 Å². The third-order valence-electron chi connectivity index (χ3n) is 2.44. The van der Waals surface area contributed by atoms with E-state index in [1.807, 2.05) is 0 Å². The van der Waals surface area contributed by atoms with E-state index in [0.29, 0.717) is 5.69 Å². The fourth-order valence-electron chi connectivity index (χ4n) is 1.55. The molecule has 2 aromatic rings. The molecule has 1 amide bonds. The number of hydrogen-bond acceptors (Lipinski definition) is 3. The molecule has 0 saturated carbocycles. The second-order valence-corrected chi connectivity index (χ2v) is 4.68. The van der Waals surface area contributed by atoms with Gasteiger partial charge in [-0.1, -0.05) is 12.1 Å². The molecular formula is C13H11NO4S. The van der Waals surface area contributed by atoms with Gasteiger partial charge in [0.1, 0.15) is 5.75 Å². The Morgan fingerprint density at radius 2 is 1.68 bits per heavy atom. The summed E-state index contributed by atoms with van der Waals surface area (Å²) >= 11 is -2.22. The number of rotatable bonds is 3. The lowest BCUT2D eigenvalue weighted by atomic mass is 10.2. The predicted octanol–water partition coefficient (Wildman–Crippen LogP) is 2.23. The van der Waals surface area contributed by atoms with E-state index in [2.05, 4.69) is 5.32 Å². The second kappa shape index (κ2) is 5.64. The highest BCUT2D eigenvalue weighted by molar-refractivity contribution is 7.79. The maximum absolute atomic E-state index is 12.0. The molecule has 5 nitrogen and oxygen atoms in total. The molecular weight excluding hydrogens is 266 g/mol. The number of anilines is 1. The lowest BCUT2D eigenvalue weighted by Crippen LogP contribution is -2.14. The summed E-state index contributed by atoms with van der Waals surface area (Å²) in [7, 11) is 0. The fourth-order valence-corrected chi connectivity index (χ4v) is 2.09. The monoisotopic (exact) mass is 277 g/mol. The molecule has 0 spiro atoms. The van der Waals surface area contributed by atoms with Crippen molar-refractivity contribution in [1.82, 2.24) is 0 Å². The third-order valence-corrected chi connectivity index (χ3v) is 3.18. The number of carbonyl (C=O) groups excluding carboxylic acids is 1. The summed E-state index contributed by atoms with van der Waals surface area (Å²) in [6, 6.07) is 12.0. The first-order valence-electron chi connectivity index (χ1n) is 5.38. The summed E-state index contributed by atoms with van der Waals surface area (Å²) in [5, 5.41) is 11.7. The first kappa shape index (κ1) is 13.3. The number of benzene rings is 2. The number of aromatic hydroxyl groups is 1. The van der Waals surface area contributed by atoms with Crippen molar-refractivity contribution in [3.8, 4) is 5.75 Å². The number of phenolic OH excluding ortho intramolecular Hbond substituents is 1. The molecule has 0 fully saturated rings. The Labute approximate surface area is 112 Å². The Kier molecular flexibility index (Phi) is 3.94. The van der Waals surface area contributed by atoms with Crippen LogP contribution < -0.4 is 5.32 Å². The number of nitrogens with one attached hydrogen (secondary N) is 1. The van der Waals surface area contributed by atoms with Gasteiger partial charge in [-0.3, -0.25) is 4.79 Å². The highest BCUT2D eigenvalue weighted by Crippen LogP contribution is 2.17. The molecule has 0 saturated heterocycles. The Morgan fingerprint density at radius 3 is 2.32 bits per heavy atom. The second-order valence-electron chi connectivity index (χ2n) is 3.75. The molecule has 98 valence electrons. The van der Waals surface area contributed by atoms with Gasteiger partial charge in [0, 0.05) is 5.69 Å². The largest absolute Gasteiger partial charge is 0.508 e. The standard InChI is InChI=1S/C13H11NO4S/c15-10-7-5-9(6-8-10)14-13(16)11-3-1-2-4-12(11)19(17)18/h1-8,15H,(H,14,16)(H,17,18). The number of carbonyl (C=O) groups is 1. The smallest absolute Gasteiger partial charge is 0.256 e. The summed E-state index contributed by atoms with van der Waals surface area (Å²) in [4.78, 5) is 12.1. The summed E-state index contributed by atoms with van der Waals surface area (Å²) < 4.78 is 20.2. The Bertz CT molecular complexity index is 625. The van der Waals surface area contributed by atoms with Crippen molar-refractivity contribution in [3.05, 3.63) is 54.1 Å². The number of hydrogen-bond donors (Lipinski definition) is 3. The molecule has 0 aromatic heterocycles. The van der Waals surface area contributed by atoms with Gasteiger partial charge in [-0.05, 0) is 36.4 Å². The molecule has 0 radical (unpaired) electrons. The maximum Gasteiger partial charge on any atom is 0.256 e. The van der Waals surface area contributed by atoms with Crippen LogP contribution in [0.2, 0.25) is 0 Å². The first-order valence-corrected chi connectivity index (χ1v) is 6.49. The predicted molar refractivity (Wildman–Crippen MR) is 71.5 cm³/mol. The van der Waals surface area contributed by atoms with Crippen molar-refractivity contribution in [3.63, 3.8) is 0 Å². The molecule has 0 bridgehead atoms. The molecule has 1 unspecified atom stereocenters. The zero-order valence-corrected chi connectivity index (χ0v) is 10.6. The summed E-state index contributed by atoms with van der Waals surface area (Å²) in [6.45, 7) is 0. The van der Waals surface area contributed by atoms with Crippen molar-refractivity contribution in [1.29, 1.82) is 0 Å². The van der Waals surface area contributed by atoms with Crippen LogP contribution in [-0.4, -0.2) is 19.8 Å². The SMILES string of the molecule is O=C(Nc1ccc(O)cc1)c1ccccc1S(=O)O. The van der Waals surface area contributed by atoms with Crippen molar-refractivity contribution >= 4 is 22.7 Å². The molecule has 0 aliphatic carbocycles. The molecule has 0 aliphatic heterocycles. The average molecular weight is 277 g/mol. The minimum atomic E-state index is -2.22. The van der Waals surface area contributed by atoms with Gasteiger partial charge in [0.2, 0.25) is 0 Å². The minimum absolute atomic E-state index is 0.0544. The maximum atomic E-state index is 12.0. The van der Waals surface area contributed by atoms with Crippen LogP contribution in [-0.2, 0) is 11.1 Å². The van der Waals surface area contributed by atoms with Gasteiger partial charge < -0.3 is 15.0 Å². The van der Waals surface area contributed by atoms with Crippen LogP contribution in [0.15, 0.2) is 53.4 Å². The van der Waals surface area contributed by atoms with E-state index in [-0.39, 0.29) is 16.2 Å². The van der Waals surface area contributed by atoms with Gasteiger partial charge in [-0.2, -0.15) is 0 Å². The number of phenols is 1. The molecule has 0 heterocycles. The van der Waals surface area contributed by atoms with Crippen LogP contribution in [0, 0.1) is 0 Å². The average Bonchev–Trinajstić information content (AvgIpc) is 2.41. The van der Waals surface area contributed by atoms with E-state index >= 15 is 0 Å². The van der Waals surface area contributed by atoms with Gasteiger partial charge in [-0.15, -0.1) is 0 Å². The summed E-state index contributed by atoms with van der Waals surface area (Å²) in [5.41, 5.74) is 0.623. The van der Waals surface area contributed by atoms with E-state index in [1.54, 1.807) is 12.1 Å².